The number of carbonyl (C=O) groups is 1. The standard InChI is InChI=1S/C10H15N3O3/c14-10(15)6-8-12-9(16-13-8)5-7-1-3-11-4-2-7/h7,11H,1-6H2,(H,14,15). The summed E-state index contributed by atoms with van der Waals surface area (Å²) in [7, 11) is 0. The number of nitrogens with zero attached hydrogens (tertiary/aromatic N) is 2. The van der Waals surface area contributed by atoms with Gasteiger partial charge in [0, 0.05) is 6.42 Å². The molecule has 6 heteroatoms. The molecule has 0 amide bonds. The first-order chi connectivity index (χ1) is 7.74. The van der Waals surface area contributed by atoms with Crippen molar-refractivity contribution in [3.8, 4) is 0 Å². The van der Waals surface area contributed by atoms with Crippen LogP contribution in [0.2, 0.25) is 0 Å². The third kappa shape index (κ3) is 3.03. The van der Waals surface area contributed by atoms with Crippen molar-refractivity contribution >= 4 is 5.97 Å². The molecule has 1 fully saturated rings. The summed E-state index contributed by atoms with van der Waals surface area (Å²) in [6, 6.07) is 0. The number of rotatable bonds is 4. The molecule has 0 aliphatic carbocycles. The van der Waals surface area contributed by atoms with Crippen molar-refractivity contribution in [2.24, 2.45) is 5.92 Å². The maximum absolute atomic E-state index is 10.4. The van der Waals surface area contributed by atoms with E-state index in [4.69, 9.17) is 9.63 Å². The first-order valence-corrected chi connectivity index (χ1v) is 5.48. The van der Waals surface area contributed by atoms with Gasteiger partial charge >= 0.3 is 5.97 Å². The number of aromatic nitrogens is 2. The largest absolute Gasteiger partial charge is 0.481 e. The van der Waals surface area contributed by atoms with Gasteiger partial charge in [-0.3, -0.25) is 4.79 Å². The van der Waals surface area contributed by atoms with Gasteiger partial charge in [-0.2, -0.15) is 4.98 Å². The second-order valence-electron chi connectivity index (χ2n) is 4.07. The van der Waals surface area contributed by atoms with Crippen molar-refractivity contribution in [2.75, 3.05) is 13.1 Å². The molecule has 0 saturated carbocycles. The Balaban J connectivity index is 1.88. The third-order valence-corrected chi connectivity index (χ3v) is 2.74. The van der Waals surface area contributed by atoms with Crippen molar-refractivity contribution in [1.29, 1.82) is 0 Å². The van der Waals surface area contributed by atoms with Gasteiger partial charge in [0.1, 0.15) is 6.42 Å². The highest BCUT2D eigenvalue weighted by atomic mass is 16.5. The fraction of sp³-hybridized carbons (Fsp3) is 0.700. The fourth-order valence-electron chi connectivity index (χ4n) is 1.91. The highest BCUT2D eigenvalue weighted by Crippen LogP contribution is 2.16. The Hall–Kier alpha value is -1.43. The first-order valence-electron chi connectivity index (χ1n) is 5.48. The van der Waals surface area contributed by atoms with Crippen molar-refractivity contribution < 1.29 is 14.4 Å². The average Bonchev–Trinajstić information content (AvgIpc) is 2.66. The monoisotopic (exact) mass is 225 g/mol. The Labute approximate surface area is 93.0 Å². The van der Waals surface area contributed by atoms with Gasteiger partial charge in [0.2, 0.25) is 5.89 Å². The predicted octanol–water partition coefficient (Wildman–Crippen LogP) is 0.239. The zero-order valence-electron chi connectivity index (χ0n) is 8.98. The lowest BCUT2D eigenvalue weighted by Gasteiger charge is -2.20. The minimum Gasteiger partial charge on any atom is -0.481 e. The minimum atomic E-state index is -0.936. The smallest absolute Gasteiger partial charge is 0.311 e. The van der Waals surface area contributed by atoms with E-state index >= 15 is 0 Å². The molecule has 1 saturated heterocycles. The van der Waals surface area contributed by atoms with Crippen LogP contribution < -0.4 is 5.32 Å². The van der Waals surface area contributed by atoms with Crippen LogP contribution in [0, 0.1) is 5.92 Å². The van der Waals surface area contributed by atoms with Crippen LogP contribution in [0.3, 0.4) is 0 Å². The van der Waals surface area contributed by atoms with E-state index in [0.29, 0.717) is 11.8 Å². The van der Waals surface area contributed by atoms with Gasteiger partial charge < -0.3 is 14.9 Å². The fourth-order valence-corrected chi connectivity index (χ4v) is 1.91. The number of nitrogens with one attached hydrogen (secondary N) is 1. The Morgan fingerprint density at radius 2 is 2.25 bits per heavy atom. The van der Waals surface area contributed by atoms with Crippen LogP contribution in [-0.4, -0.2) is 34.3 Å². The second-order valence-corrected chi connectivity index (χ2v) is 4.07. The predicted molar refractivity (Wildman–Crippen MR) is 54.9 cm³/mol. The second kappa shape index (κ2) is 5.07. The van der Waals surface area contributed by atoms with Gasteiger partial charge in [-0.1, -0.05) is 5.16 Å². The quantitative estimate of drug-likeness (QED) is 0.763. The molecule has 0 unspecified atom stereocenters. The molecule has 0 spiro atoms. The molecule has 88 valence electrons. The van der Waals surface area contributed by atoms with E-state index in [1.165, 1.54) is 0 Å². The molecule has 1 aromatic heterocycles. The van der Waals surface area contributed by atoms with Crippen LogP contribution >= 0.6 is 0 Å². The summed E-state index contributed by atoms with van der Waals surface area (Å²) >= 11 is 0. The number of aliphatic carboxylic acids is 1. The first kappa shape index (κ1) is 11.1. The lowest BCUT2D eigenvalue weighted by atomic mass is 9.95. The Bertz CT molecular complexity index is 358. The number of hydrogen-bond donors (Lipinski definition) is 2. The Morgan fingerprint density at radius 1 is 1.50 bits per heavy atom. The summed E-state index contributed by atoms with van der Waals surface area (Å²) < 4.78 is 5.02. The lowest BCUT2D eigenvalue weighted by molar-refractivity contribution is -0.136. The number of piperidine rings is 1. The van der Waals surface area contributed by atoms with Gasteiger partial charge in [0.25, 0.3) is 0 Å². The molecule has 2 heterocycles. The van der Waals surface area contributed by atoms with Crippen LogP contribution in [0.25, 0.3) is 0 Å². The van der Waals surface area contributed by atoms with E-state index in [9.17, 15) is 4.79 Å². The van der Waals surface area contributed by atoms with Gasteiger partial charge in [-0.05, 0) is 31.8 Å². The van der Waals surface area contributed by atoms with E-state index < -0.39 is 5.97 Å². The summed E-state index contributed by atoms with van der Waals surface area (Å²) in [4.78, 5) is 14.5. The topological polar surface area (TPSA) is 88.2 Å². The summed E-state index contributed by atoms with van der Waals surface area (Å²) in [6.45, 7) is 2.06. The van der Waals surface area contributed by atoms with Crippen LogP contribution in [0.15, 0.2) is 4.52 Å². The zero-order valence-corrected chi connectivity index (χ0v) is 8.98. The summed E-state index contributed by atoms with van der Waals surface area (Å²) in [5.74, 6) is 0.452. The lowest BCUT2D eigenvalue weighted by Crippen LogP contribution is -2.28. The number of carboxylic acids is 1. The van der Waals surface area contributed by atoms with E-state index in [2.05, 4.69) is 15.5 Å². The molecular formula is C10H15N3O3. The molecule has 0 radical (unpaired) electrons. The SMILES string of the molecule is O=C(O)Cc1noc(CC2CCNCC2)n1. The van der Waals surface area contributed by atoms with Gasteiger partial charge in [0.05, 0.1) is 0 Å². The summed E-state index contributed by atoms with van der Waals surface area (Å²) in [6.07, 6.45) is 2.80. The molecular weight excluding hydrogens is 210 g/mol. The van der Waals surface area contributed by atoms with E-state index in [1.807, 2.05) is 0 Å². The normalized spacial score (nSPS) is 17.5. The molecule has 1 aliphatic rings. The maximum atomic E-state index is 10.4. The number of hydrogen-bond acceptors (Lipinski definition) is 5. The summed E-state index contributed by atoms with van der Waals surface area (Å²) in [5.41, 5.74) is 0. The summed E-state index contributed by atoms with van der Waals surface area (Å²) in [5, 5.41) is 15.5. The molecule has 0 bridgehead atoms. The molecule has 2 N–H and O–H groups in total. The molecule has 1 aliphatic heterocycles. The van der Waals surface area contributed by atoms with Crippen molar-refractivity contribution in [1.82, 2.24) is 15.5 Å². The van der Waals surface area contributed by atoms with Gasteiger partial charge in [-0.25, -0.2) is 0 Å². The van der Waals surface area contributed by atoms with E-state index in [1.54, 1.807) is 0 Å². The molecule has 2 rings (SSSR count). The van der Waals surface area contributed by atoms with Crippen LogP contribution in [-0.2, 0) is 17.6 Å². The third-order valence-electron chi connectivity index (χ3n) is 2.74. The highest BCUT2D eigenvalue weighted by Gasteiger charge is 2.17. The number of carboxylic acid groups (broad SMARTS) is 1. The Morgan fingerprint density at radius 3 is 2.94 bits per heavy atom. The molecule has 16 heavy (non-hydrogen) atoms. The van der Waals surface area contributed by atoms with Crippen LogP contribution in [0.4, 0.5) is 0 Å². The average molecular weight is 225 g/mol. The van der Waals surface area contributed by atoms with Gasteiger partial charge in [0.15, 0.2) is 5.82 Å². The van der Waals surface area contributed by atoms with Gasteiger partial charge in [-0.15, -0.1) is 0 Å². The van der Waals surface area contributed by atoms with E-state index in [-0.39, 0.29) is 12.2 Å². The van der Waals surface area contributed by atoms with Crippen LogP contribution in [0.5, 0.6) is 0 Å². The van der Waals surface area contributed by atoms with Crippen LogP contribution in [0.1, 0.15) is 24.6 Å². The minimum absolute atomic E-state index is 0.171. The highest BCUT2D eigenvalue weighted by molar-refractivity contribution is 5.68. The maximum Gasteiger partial charge on any atom is 0.311 e. The van der Waals surface area contributed by atoms with Crippen molar-refractivity contribution in [2.45, 2.75) is 25.7 Å². The Kier molecular flexibility index (Phi) is 3.51. The van der Waals surface area contributed by atoms with Crippen molar-refractivity contribution in [3.05, 3.63) is 11.7 Å². The molecule has 1 aromatic rings. The molecule has 0 atom stereocenters. The zero-order chi connectivity index (χ0) is 11.4. The molecule has 6 nitrogen and oxygen atoms in total. The van der Waals surface area contributed by atoms with E-state index in [0.717, 1.165) is 32.4 Å². The molecule has 0 aromatic carbocycles. The van der Waals surface area contributed by atoms with Crippen molar-refractivity contribution in [3.63, 3.8) is 0 Å².